The standard InChI is InChI=1S/C7H15N3O3/c1-2-5(8)6(11)10-3-4-13-7(9)12/h5H,2-4,8H2,1H3,(H2,9,12)(H,10,11)/t5-/m0/s1. The lowest BCUT2D eigenvalue weighted by atomic mass is 10.2. The van der Waals surface area contributed by atoms with Crippen LogP contribution in [-0.2, 0) is 9.53 Å². The normalized spacial score (nSPS) is 11.8. The van der Waals surface area contributed by atoms with E-state index in [-0.39, 0.29) is 19.1 Å². The number of amides is 2. The Morgan fingerprint density at radius 2 is 2.15 bits per heavy atom. The molecule has 1 atom stereocenters. The Bertz CT molecular complexity index is 184. The van der Waals surface area contributed by atoms with Crippen molar-refractivity contribution in [1.82, 2.24) is 5.32 Å². The van der Waals surface area contributed by atoms with Crippen molar-refractivity contribution in [3.63, 3.8) is 0 Å². The maximum absolute atomic E-state index is 11.0. The van der Waals surface area contributed by atoms with Gasteiger partial charge >= 0.3 is 6.09 Å². The highest BCUT2D eigenvalue weighted by Crippen LogP contribution is 1.84. The van der Waals surface area contributed by atoms with E-state index in [9.17, 15) is 9.59 Å². The zero-order valence-corrected chi connectivity index (χ0v) is 7.58. The van der Waals surface area contributed by atoms with E-state index >= 15 is 0 Å². The third kappa shape index (κ3) is 5.92. The van der Waals surface area contributed by atoms with Crippen LogP contribution in [0.2, 0.25) is 0 Å². The highest BCUT2D eigenvalue weighted by atomic mass is 16.5. The molecule has 5 N–H and O–H groups in total. The zero-order valence-electron chi connectivity index (χ0n) is 7.58. The van der Waals surface area contributed by atoms with Crippen molar-refractivity contribution >= 4 is 12.0 Å². The van der Waals surface area contributed by atoms with E-state index in [0.29, 0.717) is 6.42 Å². The minimum atomic E-state index is -0.853. The van der Waals surface area contributed by atoms with Crippen LogP contribution in [-0.4, -0.2) is 31.2 Å². The molecule has 0 heterocycles. The Kier molecular flexibility index (Phi) is 5.62. The summed E-state index contributed by atoms with van der Waals surface area (Å²) in [5.41, 5.74) is 10.1. The zero-order chi connectivity index (χ0) is 10.3. The van der Waals surface area contributed by atoms with E-state index in [2.05, 4.69) is 10.1 Å². The lowest BCUT2D eigenvalue weighted by Crippen LogP contribution is -2.41. The summed E-state index contributed by atoms with van der Waals surface area (Å²) in [6.07, 6.45) is -0.281. The number of rotatable bonds is 5. The molecule has 0 radical (unpaired) electrons. The Morgan fingerprint density at radius 3 is 2.62 bits per heavy atom. The lowest BCUT2D eigenvalue weighted by Gasteiger charge is -2.09. The summed E-state index contributed by atoms with van der Waals surface area (Å²) in [6.45, 7) is 2.11. The number of carbonyl (C=O) groups is 2. The molecule has 0 aromatic heterocycles. The van der Waals surface area contributed by atoms with Gasteiger partial charge in [0.25, 0.3) is 0 Å². The first-order valence-electron chi connectivity index (χ1n) is 4.03. The van der Waals surface area contributed by atoms with Gasteiger partial charge < -0.3 is 21.5 Å². The first-order valence-corrected chi connectivity index (χ1v) is 4.03. The molecule has 13 heavy (non-hydrogen) atoms. The first kappa shape index (κ1) is 11.7. The van der Waals surface area contributed by atoms with Crippen molar-refractivity contribution < 1.29 is 14.3 Å². The molecule has 0 aliphatic heterocycles. The molecule has 76 valence electrons. The summed E-state index contributed by atoms with van der Waals surface area (Å²) >= 11 is 0. The number of nitrogens with two attached hydrogens (primary N) is 2. The van der Waals surface area contributed by atoms with Gasteiger partial charge in [0.1, 0.15) is 6.61 Å². The van der Waals surface area contributed by atoms with Gasteiger partial charge in [0.2, 0.25) is 5.91 Å². The van der Waals surface area contributed by atoms with E-state index < -0.39 is 12.1 Å². The highest BCUT2D eigenvalue weighted by Gasteiger charge is 2.09. The topological polar surface area (TPSA) is 107 Å². The van der Waals surface area contributed by atoms with Gasteiger partial charge in [-0.2, -0.15) is 0 Å². The molecule has 0 rings (SSSR count). The van der Waals surface area contributed by atoms with Crippen LogP contribution in [0.4, 0.5) is 4.79 Å². The lowest BCUT2D eigenvalue weighted by molar-refractivity contribution is -0.122. The molecule has 0 aromatic carbocycles. The molecular formula is C7H15N3O3. The minimum absolute atomic E-state index is 0.0670. The molecular weight excluding hydrogens is 174 g/mol. The van der Waals surface area contributed by atoms with Crippen LogP contribution in [0.25, 0.3) is 0 Å². The summed E-state index contributed by atoms with van der Waals surface area (Å²) in [7, 11) is 0. The summed E-state index contributed by atoms with van der Waals surface area (Å²) in [6, 6.07) is -0.506. The quantitative estimate of drug-likeness (QED) is 0.479. The molecule has 0 spiro atoms. The first-order chi connectivity index (χ1) is 6.07. The minimum Gasteiger partial charge on any atom is -0.448 e. The SMILES string of the molecule is CC[C@H](N)C(=O)NCCOC(N)=O. The van der Waals surface area contributed by atoms with Gasteiger partial charge in [0.05, 0.1) is 12.6 Å². The molecule has 0 unspecified atom stereocenters. The van der Waals surface area contributed by atoms with E-state index in [4.69, 9.17) is 11.5 Å². The number of nitrogens with one attached hydrogen (secondary N) is 1. The maximum Gasteiger partial charge on any atom is 0.404 e. The number of ether oxygens (including phenoxy) is 1. The Labute approximate surface area is 76.6 Å². The van der Waals surface area contributed by atoms with Crippen LogP contribution in [0.5, 0.6) is 0 Å². The van der Waals surface area contributed by atoms with Crippen molar-refractivity contribution in [3.05, 3.63) is 0 Å². The van der Waals surface area contributed by atoms with Gasteiger partial charge in [-0.05, 0) is 6.42 Å². The van der Waals surface area contributed by atoms with Crippen LogP contribution < -0.4 is 16.8 Å². The predicted octanol–water partition coefficient (Wildman–Crippen LogP) is -1.06. The Hall–Kier alpha value is -1.30. The van der Waals surface area contributed by atoms with E-state index in [0.717, 1.165) is 0 Å². The fraction of sp³-hybridized carbons (Fsp3) is 0.714. The fourth-order valence-electron chi connectivity index (χ4n) is 0.642. The summed E-state index contributed by atoms with van der Waals surface area (Å²) in [5.74, 6) is -0.254. The van der Waals surface area contributed by atoms with Crippen LogP contribution in [0.1, 0.15) is 13.3 Å². The fourth-order valence-corrected chi connectivity index (χ4v) is 0.642. The van der Waals surface area contributed by atoms with Crippen molar-refractivity contribution in [1.29, 1.82) is 0 Å². The molecule has 6 heteroatoms. The second-order valence-corrected chi connectivity index (χ2v) is 2.47. The van der Waals surface area contributed by atoms with Gasteiger partial charge in [-0.25, -0.2) is 4.79 Å². The summed E-state index contributed by atoms with van der Waals surface area (Å²) in [5, 5.41) is 2.49. The van der Waals surface area contributed by atoms with Gasteiger partial charge in [-0.15, -0.1) is 0 Å². The Morgan fingerprint density at radius 1 is 1.54 bits per heavy atom. The van der Waals surface area contributed by atoms with Crippen molar-refractivity contribution in [2.24, 2.45) is 11.5 Å². The largest absolute Gasteiger partial charge is 0.448 e. The van der Waals surface area contributed by atoms with Gasteiger partial charge in [-0.3, -0.25) is 4.79 Å². The average Bonchev–Trinajstić information content (AvgIpc) is 2.10. The van der Waals surface area contributed by atoms with Crippen molar-refractivity contribution in [2.45, 2.75) is 19.4 Å². The number of hydrogen-bond acceptors (Lipinski definition) is 4. The molecule has 2 amide bonds. The van der Waals surface area contributed by atoms with Crippen LogP contribution in [0.15, 0.2) is 0 Å². The molecule has 0 fully saturated rings. The van der Waals surface area contributed by atoms with Gasteiger partial charge in [-0.1, -0.05) is 6.92 Å². The second kappa shape index (κ2) is 6.24. The van der Waals surface area contributed by atoms with Crippen molar-refractivity contribution in [3.8, 4) is 0 Å². The van der Waals surface area contributed by atoms with Crippen molar-refractivity contribution in [2.75, 3.05) is 13.2 Å². The molecule has 0 saturated heterocycles. The number of primary amides is 1. The monoisotopic (exact) mass is 189 g/mol. The Balaban J connectivity index is 3.42. The molecule has 0 saturated carbocycles. The van der Waals surface area contributed by atoms with Gasteiger partial charge in [0.15, 0.2) is 0 Å². The molecule has 0 aliphatic rings. The predicted molar refractivity (Wildman–Crippen MR) is 46.8 cm³/mol. The van der Waals surface area contributed by atoms with E-state index in [1.807, 2.05) is 6.92 Å². The molecule has 0 aliphatic carbocycles. The number of carbonyl (C=O) groups excluding carboxylic acids is 2. The average molecular weight is 189 g/mol. The van der Waals surface area contributed by atoms with Gasteiger partial charge in [0, 0.05) is 0 Å². The van der Waals surface area contributed by atoms with E-state index in [1.165, 1.54) is 0 Å². The maximum atomic E-state index is 11.0. The third-order valence-corrected chi connectivity index (χ3v) is 1.42. The second-order valence-electron chi connectivity index (χ2n) is 2.47. The highest BCUT2D eigenvalue weighted by molar-refractivity contribution is 5.81. The van der Waals surface area contributed by atoms with Crippen LogP contribution in [0, 0.1) is 0 Å². The molecule has 0 aromatic rings. The van der Waals surface area contributed by atoms with E-state index in [1.54, 1.807) is 0 Å². The molecule has 6 nitrogen and oxygen atoms in total. The smallest absolute Gasteiger partial charge is 0.404 e. The van der Waals surface area contributed by atoms with Crippen LogP contribution in [0.3, 0.4) is 0 Å². The summed E-state index contributed by atoms with van der Waals surface area (Å²) < 4.78 is 4.39. The molecule has 0 bridgehead atoms. The third-order valence-electron chi connectivity index (χ3n) is 1.42. The van der Waals surface area contributed by atoms with Crippen LogP contribution >= 0.6 is 0 Å². The summed E-state index contributed by atoms with van der Waals surface area (Å²) in [4.78, 5) is 21.1. The number of hydrogen-bond donors (Lipinski definition) is 3.